The summed E-state index contributed by atoms with van der Waals surface area (Å²) in [6.45, 7) is 2.44. The summed E-state index contributed by atoms with van der Waals surface area (Å²) in [6, 6.07) is 18.1. The molecule has 0 fully saturated rings. The van der Waals surface area contributed by atoms with Gasteiger partial charge in [0.1, 0.15) is 11.3 Å². The summed E-state index contributed by atoms with van der Waals surface area (Å²) >= 11 is 0. The smallest absolute Gasteiger partial charge is 0.261 e. The van der Waals surface area contributed by atoms with Crippen LogP contribution < -0.4 is 15.6 Å². The van der Waals surface area contributed by atoms with Crippen LogP contribution in [0, 0.1) is 0 Å². The van der Waals surface area contributed by atoms with Crippen LogP contribution in [0.1, 0.15) is 51.2 Å². The molecule has 152 valence electrons. The molecule has 0 saturated carbocycles. The van der Waals surface area contributed by atoms with Crippen molar-refractivity contribution < 1.29 is 14.3 Å². The Morgan fingerprint density at radius 1 is 1.07 bits per heavy atom. The molecule has 2 N–H and O–H groups in total. The zero-order chi connectivity index (χ0) is 21.1. The number of ketones is 1. The molecule has 1 aromatic heterocycles. The number of amides is 1. The van der Waals surface area contributed by atoms with E-state index >= 15 is 0 Å². The van der Waals surface area contributed by atoms with Gasteiger partial charge in [0.15, 0.2) is 5.78 Å². The quantitative estimate of drug-likeness (QED) is 0.677. The molecule has 1 amide bonds. The molecule has 1 aliphatic carbocycles. The molecule has 6 nitrogen and oxygen atoms in total. The molecular formula is C24H22N2O4. The van der Waals surface area contributed by atoms with E-state index in [9.17, 15) is 14.4 Å². The standard InChI is InChI=1S/C24H22N2O4/c1-2-30-18-10-8-17(9-11-18)25-23(28)20-14-19-21(26-24(20)29)12-16(13-22(19)27)15-6-4-3-5-7-15/h3-11,14,16H,2,12-13H2,1H3,(H,25,28)(H,26,29)/t16-/m0/s1. The van der Waals surface area contributed by atoms with Crippen LogP contribution in [-0.2, 0) is 6.42 Å². The van der Waals surface area contributed by atoms with Crippen molar-refractivity contribution in [2.75, 3.05) is 11.9 Å². The summed E-state index contributed by atoms with van der Waals surface area (Å²) in [5.41, 5.74) is 2.03. The fourth-order valence-corrected chi connectivity index (χ4v) is 3.76. The molecule has 0 spiro atoms. The van der Waals surface area contributed by atoms with Crippen molar-refractivity contribution in [3.05, 3.63) is 93.4 Å². The molecule has 0 unspecified atom stereocenters. The number of aromatic nitrogens is 1. The molecular weight excluding hydrogens is 380 g/mol. The van der Waals surface area contributed by atoms with Crippen LogP contribution in [-0.4, -0.2) is 23.3 Å². The summed E-state index contributed by atoms with van der Waals surface area (Å²) in [7, 11) is 0. The molecule has 0 bridgehead atoms. The topological polar surface area (TPSA) is 88.3 Å². The number of hydrogen-bond donors (Lipinski definition) is 2. The molecule has 2 aromatic carbocycles. The number of Topliss-reactive ketones (excluding diaryl/α,β-unsaturated/α-hetero) is 1. The lowest BCUT2D eigenvalue weighted by molar-refractivity contribution is 0.0963. The van der Waals surface area contributed by atoms with Gasteiger partial charge >= 0.3 is 0 Å². The Hall–Kier alpha value is -3.67. The first kappa shape index (κ1) is 19.6. The van der Waals surface area contributed by atoms with E-state index in [1.165, 1.54) is 6.07 Å². The van der Waals surface area contributed by atoms with Crippen molar-refractivity contribution in [1.82, 2.24) is 4.98 Å². The fraction of sp³-hybridized carbons (Fsp3) is 0.208. The van der Waals surface area contributed by atoms with Crippen LogP contribution in [0.3, 0.4) is 0 Å². The van der Waals surface area contributed by atoms with Crippen LogP contribution in [0.25, 0.3) is 0 Å². The van der Waals surface area contributed by atoms with Crippen molar-refractivity contribution in [3.8, 4) is 5.75 Å². The Morgan fingerprint density at radius 3 is 2.50 bits per heavy atom. The van der Waals surface area contributed by atoms with E-state index in [1.807, 2.05) is 37.3 Å². The highest BCUT2D eigenvalue weighted by Crippen LogP contribution is 2.31. The molecule has 1 aliphatic rings. The van der Waals surface area contributed by atoms with Gasteiger partial charge in [-0.15, -0.1) is 0 Å². The van der Waals surface area contributed by atoms with E-state index < -0.39 is 11.5 Å². The molecule has 0 saturated heterocycles. The first-order chi connectivity index (χ1) is 14.5. The SMILES string of the molecule is CCOc1ccc(NC(=O)c2cc3c([nH]c2=O)C[C@H](c2ccccc2)CC3=O)cc1. The Morgan fingerprint density at radius 2 is 1.80 bits per heavy atom. The predicted octanol–water partition coefficient (Wildman–Crippen LogP) is 3.94. The number of rotatable bonds is 5. The third-order valence-electron chi connectivity index (χ3n) is 5.24. The molecule has 6 heteroatoms. The van der Waals surface area contributed by atoms with E-state index in [0.29, 0.717) is 42.1 Å². The van der Waals surface area contributed by atoms with E-state index in [0.717, 1.165) is 5.56 Å². The average Bonchev–Trinajstić information content (AvgIpc) is 2.75. The number of carbonyl (C=O) groups excluding carboxylic acids is 2. The van der Waals surface area contributed by atoms with Gasteiger partial charge in [-0.3, -0.25) is 14.4 Å². The van der Waals surface area contributed by atoms with Crippen LogP contribution in [0.4, 0.5) is 5.69 Å². The van der Waals surface area contributed by atoms with Crippen LogP contribution >= 0.6 is 0 Å². The average molecular weight is 402 g/mol. The highest BCUT2D eigenvalue weighted by molar-refractivity contribution is 6.06. The van der Waals surface area contributed by atoms with Gasteiger partial charge in [0.05, 0.1) is 6.61 Å². The maximum atomic E-state index is 12.7. The number of hydrogen-bond acceptors (Lipinski definition) is 4. The third kappa shape index (κ3) is 4.03. The van der Waals surface area contributed by atoms with Crippen LogP contribution in [0.2, 0.25) is 0 Å². The van der Waals surface area contributed by atoms with Gasteiger partial charge in [0.2, 0.25) is 0 Å². The van der Waals surface area contributed by atoms with E-state index in [-0.39, 0.29) is 17.3 Å². The molecule has 0 radical (unpaired) electrons. The summed E-state index contributed by atoms with van der Waals surface area (Å²) < 4.78 is 5.38. The van der Waals surface area contributed by atoms with E-state index in [2.05, 4.69) is 10.3 Å². The second-order valence-electron chi connectivity index (χ2n) is 7.25. The number of H-pyrrole nitrogens is 1. The highest BCUT2D eigenvalue weighted by atomic mass is 16.5. The van der Waals surface area contributed by atoms with Crippen molar-refractivity contribution in [3.63, 3.8) is 0 Å². The number of carbonyl (C=O) groups is 2. The number of nitrogens with one attached hydrogen (secondary N) is 2. The zero-order valence-electron chi connectivity index (χ0n) is 16.6. The number of pyridine rings is 1. The van der Waals surface area contributed by atoms with Crippen LogP contribution in [0.5, 0.6) is 5.75 Å². The lowest BCUT2D eigenvalue weighted by Crippen LogP contribution is -2.29. The third-order valence-corrected chi connectivity index (χ3v) is 5.24. The van der Waals surface area contributed by atoms with Crippen molar-refractivity contribution >= 4 is 17.4 Å². The molecule has 30 heavy (non-hydrogen) atoms. The minimum absolute atomic E-state index is 0.0189. The second-order valence-corrected chi connectivity index (χ2v) is 7.25. The maximum Gasteiger partial charge on any atom is 0.261 e. The monoisotopic (exact) mass is 402 g/mol. The summed E-state index contributed by atoms with van der Waals surface area (Å²) in [5.74, 6) is 0.0868. The second kappa shape index (κ2) is 8.37. The van der Waals surface area contributed by atoms with Gasteiger partial charge in [-0.25, -0.2) is 0 Å². The highest BCUT2D eigenvalue weighted by Gasteiger charge is 2.28. The van der Waals surface area contributed by atoms with Gasteiger partial charge < -0.3 is 15.0 Å². The number of ether oxygens (including phenoxy) is 1. The summed E-state index contributed by atoms with van der Waals surface area (Å²) in [5, 5.41) is 2.70. The summed E-state index contributed by atoms with van der Waals surface area (Å²) in [4.78, 5) is 40.7. The Bertz CT molecular complexity index is 1130. The number of anilines is 1. The Labute approximate surface area is 173 Å². The van der Waals surface area contributed by atoms with Crippen molar-refractivity contribution in [2.24, 2.45) is 0 Å². The van der Waals surface area contributed by atoms with Gasteiger partial charge in [-0.05, 0) is 55.2 Å². The first-order valence-electron chi connectivity index (χ1n) is 9.93. The molecule has 3 aromatic rings. The van der Waals surface area contributed by atoms with Gasteiger partial charge in [-0.2, -0.15) is 0 Å². The van der Waals surface area contributed by atoms with Crippen molar-refractivity contribution in [1.29, 1.82) is 0 Å². The van der Waals surface area contributed by atoms with Crippen molar-refractivity contribution in [2.45, 2.75) is 25.7 Å². The Balaban J connectivity index is 1.56. The molecule has 0 aliphatic heterocycles. The number of aromatic amines is 1. The lowest BCUT2D eigenvalue weighted by Gasteiger charge is -2.24. The zero-order valence-corrected chi connectivity index (χ0v) is 16.6. The fourth-order valence-electron chi connectivity index (χ4n) is 3.76. The van der Waals surface area contributed by atoms with Crippen LogP contribution in [0.15, 0.2) is 65.5 Å². The Kier molecular flexibility index (Phi) is 5.48. The maximum absolute atomic E-state index is 12.7. The largest absolute Gasteiger partial charge is 0.494 e. The molecule has 1 atom stereocenters. The normalized spacial score (nSPS) is 15.4. The van der Waals surface area contributed by atoms with Gasteiger partial charge in [0, 0.05) is 23.4 Å². The predicted molar refractivity (Wildman–Crippen MR) is 114 cm³/mol. The van der Waals surface area contributed by atoms with E-state index in [1.54, 1.807) is 24.3 Å². The first-order valence-corrected chi connectivity index (χ1v) is 9.93. The summed E-state index contributed by atoms with van der Waals surface area (Å²) in [6.07, 6.45) is 0.907. The molecule has 1 heterocycles. The minimum Gasteiger partial charge on any atom is -0.494 e. The van der Waals surface area contributed by atoms with E-state index in [4.69, 9.17) is 4.74 Å². The lowest BCUT2D eigenvalue weighted by atomic mass is 9.81. The van der Waals surface area contributed by atoms with Gasteiger partial charge in [-0.1, -0.05) is 30.3 Å². The minimum atomic E-state index is -0.554. The van der Waals surface area contributed by atoms with Gasteiger partial charge in [0.25, 0.3) is 11.5 Å². The number of benzene rings is 2. The molecule has 4 rings (SSSR count). The number of fused-ring (bicyclic) bond motifs is 1.